The van der Waals surface area contributed by atoms with Gasteiger partial charge in [0.2, 0.25) is 11.0 Å². The van der Waals surface area contributed by atoms with Crippen LogP contribution >= 0.6 is 0 Å². The number of para-hydroxylation sites is 2. The average molecular weight is 352 g/mol. The third-order valence-electron chi connectivity index (χ3n) is 4.73. The number of pyridine rings is 1. The second kappa shape index (κ2) is 7.51. The lowest BCUT2D eigenvalue weighted by Gasteiger charge is -2.05. The topological polar surface area (TPSA) is 13.1 Å². The molecule has 0 unspecified atom stereocenters. The molecule has 0 aliphatic heterocycles. The molecule has 0 amide bonds. The monoisotopic (exact) mass is 352 g/mol. The summed E-state index contributed by atoms with van der Waals surface area (Å²) in [5.41, 5.74) is 4.43. The van der Waals surface area contributed by atoms with Gasteiger partial charge in [0.15, 0.2) is 0 Å². The summed E-state index contributed by atoms with van der Waals surface area (Å²) < 4.78 is 7.88. The Bertz CT molecular complexity index is 1110. The van der Waals surface area contributed by atoms with Crippen molar-refractivity contribution in [3.05, 3.63) is 83.9 Å². The van der Waals surface area contributed by atoms with E-state index in [9.17, 15) is 0 Å². The van der Waals surface area contributed by atoms with Gasteiger partial charge in [-0.25, -0.2) is 0 Å². The van der Waals surface area contributed by atoms with E-state index in [4.69, 9.17) is 4.74 Å². The van der Waals surface area contributed by atoms with Gasteiger partial charge in [0.25, 0.3) is 0 Å². The Labute approximate surface area is 160 Å². The maximum Gasteiger partial charge on any atom is 0.214 e. The van der Waals surface area contributed by atoms with E-state index >= 15 is 0 Å². The van der Waals surface area contributed by atoms with Crippen LogP contribution < -0.4 is 9.30 Å². The fourth-order valence-electron chi connectivity index (χ4n) is 3.35. The first-order valence-electron chi connectivity index (χ1n) is 9.32. The number of rotatable bonds is 3. The summed E-state index contributed by atoms with van der Waals surface area (Å²) in [4.78, 5) is 0. The van der Waals surface area contributed by atoms with Gasteiger partial charge in [-0.05, 0) is 42.8 Å². The number of nitrogens with zero attached hydrogens (tertiary/aromatic N) is 1. The zero-order chi connectivity index (χ0) is 18.6. The Hall–Kier alpha value is -3.31. The van der Waals surface area contributed by atoms with Crippen LogP contribution in [0.5, 0.6) is 5.75 Å². The molecule has 1 heterocycles. The molecule has 0 saturated carbocycles. The van der Waals surface area contributed by atoms with Crippen LogP contribution in [0.3, 0.4) is 0 Å². The van der Waals surface area contributed by atoms with Gasteiger partial charge in [-0.2, -0.15) is 4.57 Å². The van der Waals surface area contributed by atoms with Crippen LogP contribution in [0.15, 0.2) is 72.8 Å². The highest BCUT2D eigenvalue weighted by Gasteiger charge is 2.15. The summed E-state index contributed by atoms with van der Waals surface area (Å²) in [6, 6.07) is 24.9. The molecule has 0 bridgehead atoms. The Morgan fingerprint density at radius 2 is 1.37 bits per heavy atom. The Morgan fingerprint density at radius 1 is 0.778 bits per heavy atom. The van der Waals surface area contributed by atoms with E-state index in [0.717, 1.165) is 29.9 Å². The number of hydrogen-bond donors (Lipinski definition) is 0. The van der Waals surface area contributed by atoms with E-state index in [0.29, 0.717) is 0 Å². The third kappa shape index (κ3) is 3.37. The molecule has 0 aliphatic carbocycles. The molecular weight excluding hydrogens is 330 g/mol. The maximum absolute atomic E-state index is 5.65. The minimum atomic E-state index is 0.740. The van der Waals surface area contributed by atoms with Crippen LogP contribution in [0.25, 0.3) is 21.8 Å². The van der Waals surface area contributed by atoms with Crippen molar-refractivity contribution in [1.82, 2.24) is 0 Å². The highest BCUT2D eigenvalue weighted by Crippen LogP contribution is 2.23. The van der Waals surface area contributed by atoms with Crippen LogP contribution in [0, 0.1) is 11.8 Å². The lowest BCUT2D eigenvalue weighted by atomic mass is 10.0. The van der Waals surface area contributed by atoms with Gasteiger partial charge in [0.05, 0.1) is 22.9 Å². The number of ether oxygens (including phenoxy) is 1. The largest absolute Gasteiger partial charge is 0.494 e. The average Bonchev–Trinajstić information content (AvgIpc) is 2.73. The van der Waals surface area contributed by atoms with E-state index in [1.54, 1.807) is 0 Å². The summed E-state index contributed by atoms with van der Waals surface area (Å²) in [6.07, 6.45) is 1.01. The number of aromatic nitrogens is 1. The van der Waals surface area contributed by atoms with Crippen molar-refractivity contribution in [3.8, 4) is 17.6 Å². The van der Waals surface area contributed by atoms with Crippen molar-refractivity contribution in [3.63, 3.8) is 0 Å². The predicted molar refractivity (Wildman–Crippen MR) is 111 cm³/mol. The van der Waals surface area contributed by atoms with Gasteiger partial charge in [-0.1, -0.05) is 43.0 Å². The molecule has 2 nitrogen and oxygen atoms in total. The second-order valence-electron chi connectivity index (χ2n) is 6.59. The van der Waals surface area contributed by atoms with Crippen LogP contribution in [0.1, 0.15) is 24.5 Å². The fraction of sp³-hybridized carbons (Fsp3) is 0.160. The Morgan fingerprint density at radius 3 is 1.96 bits per heavy atom. The number of aryl methyl sites for hydroxylation is 1. The first-order valence-corrected chi connectivity index (χ1v) is 9.32. The summed E-state index contributed by atoms with van der Waals surface area (Å²) in [7, 11) is 2.11. The molecule has 0 saturated heterocycles. The van der Waals surface area contributed by atoms with E-state index in [-0.39, 0.29) is 0 Å². The molecule has 0 aliphatic rings. The van der Waals surface area contributed by atoms with Gasteiger partial charge in [0, 0.05) is 17.7 Å². The SMILES string of the molecule is CCCOc1ccc(C#Cc2c3ccccc3[n+](C)c3ccccc23)cc1. The molecule has 27 heavy (non-hydrogen) atoms. The number of fused-ring (bicyclic) bond motifs is 2. The molecular formula is C25H22NO+. The van der Waals surface area contributed by atoms with Gasteiger partial charge in [0.1, 0.15) is 12.8 Å². The standard InChI is InChI=1S/C25H22NO/c1-3-18-27-20-15-12-19(13-16-20)14-17-21-22-8-4-6-10-24(22)26(2)25-11-7-5-9-23(21)25/h4-13,15-16H,3,18H2,1-2H3/q+1. The van der Waals surface area contributed by atoms with Crippen LogP contribution in [0.2, 0.25) is 0 Å². The van der Waals surface area contributed by atoms with E-state index in [1.807, 2.05) is 24.3 Å². The van der Waals surface area contributed by atoms with Crippen molar-refractivity contribution in [2.75, 3.05) is 6.61 Å². The summed E-state index contributed by atoms with van der Waals surface area (Å²) in [5, 5.41) is 2.35. The number of benzene rings is 3. The maximum atomic E-state index is 5.65. The lowest BCUT2D eigenvalue weighted by Crippen LogP contribution is -2.30. The van der Waals surface area contributed by atoms with Crippen molar-refractivity contribution < 1.29 is 9.30 Å². The smallest absolute Gasteiger partial charge is 0.214 e. The van der Waals surface area contributed by atoms with Crippen LogP contribution in [0.4, 0.5) is 0 Å². The van der Waals surface area contributed by atoms with Gasteiger partial charge >= 0.3 is 0 Å². The molecule has 132 valence electrons. The molecule has 0 N–H and O–H groups in total. The molecule has 0 spiro atoms. The first kappa shape index (κ1) is 17.1. The normalized spacial score (nSPS) is 10.6. The minimum absolute atomic E-state index is 0.740. The Kier molecular flexibility index (Phi) is 4.77. The van der Waals surface area contributed by atoms with E-state index in [1.165, 1.54) is 21.8 Å². The zero-order valence-corrected chi connectivity index (χ0v) is 15.7. The summed E-state index contributed by atoms with van der Waals surface area (Å²) in [5.74, 6) is 7.66. The first-order chi connectivity index (χ1) is 13.3. The molecule has 0 radical (unpaired) electrons. The summed E-state index contributed by atoms with van der Waals surface area (Å²) in [6.45, 7) is 2.85. The van der Waals surface area contributed by atoms with Gasteiger partial charge in [-0.15, -0.1) is 0 Å². The third-order valence-corrected chi connectivity index (χ3v) is 4.73. The minimum Gasteiger partial charge on any atom is -0.494 e. The Balaban J connectivity index is 1.82. The highest BCUT2D eigenvalue weighted by molar-refractivity contribution is 5.97. The zero-order valence-electron chi connectivity index (χ0n) is 15.7. The molecule has 0 atom stereocenters. The molecule has 0 fully saturated rings. The molecule has 4 rings (SSSR count). The predicted octanol–water partition coefficient (Wildman–Crippen LogP) is 5.01. The molecule has 3 aromatic carbocycles. The van der Waals surface area contributed by atoms with Crippen LogP contribution in [-0.2, 0) is 7.05 Å². The fourth-order valence-corrected chi connectivity index (χ4v) is 3.35. The van der Waals surface area contributed by atoms with Crippen molar-refractivity contribution in [1.29, 1.82) is 0 Å². The van der Waals surface area contributed by atoms with Crippen molar-refractivity contribution in [2.45, 2.75) is 13.3 Å². The van der Waals surface area contributed by atoms with Gasteiger partial charge in [-0.3, -0.25) is 0 Å². The van der Waals surface area contributed by atoms with Crippen molar-refractivity contribution >= 4 is 21.8 Å². The lowest BCUT2D eigenvalue weighted by molar-refractivity contribution is -0.617. The van der Waals surface area contributed by atoms with E-state index in [2.05, 4.69) is 78.9 Å². The molecule has 4 aromatic rings. The molecule has 1 aromatic heterocycles. The van der Waals surface area contributed by atoms with Gasteiger partial charge < -0.3 is 4.74 Å². The van der Waals surface area contributed by atoms with Crippen molar-refractivity contribution in [2.24, 2.45) is 7.05 Å². The summed E-state index contributed by atoms with van der Waals surface area (Å²) >= 11 is 0. The quantitative estimate of drug-likeness (QED) is 0.287. The van der Waals surface area contributed by atoms with Crippen LogP contribution in [-0.4, -0.2) is 6.61 Å². The van der Waals surface area contributed by atoms with E-state index < -0.39 is 0 Å². The second-order valence-corrected chi connectivity index (χ2v) is 6.59. The highest BCUT2D eigenvalue weighted by atomic mass is 16.5. The molecule has 2 heteroatoms. The number of hydrogen-bond acceptors (Lipinski definition) is 1.